The molecule has 0 aliphatic rings. The molecule has 0 fully saturated rings. The van der Waals surface area contributed by atoms with Crippen molar-refractivity contribution in [2.75, 3.05) is 19.6 Å². The molecule has 0 aromatic carbocycles. The highest BCUT2D eigenvalue weighted by Crippen LogP contribution is 1.99. The lowest BCUT2D eigenvalue weighted by molar-refractivity contribution is -0.138. The standard InChI is InChI=1S/C11H22N4O3/c1-11(2,3)14-5-4-10(18)15(6-8(12)16)7-9(13)17/h14H,4-7H2,1-3H3,(H2,12,16)(H2,13,17). The maximum absolute atomic E-state index is 11.8. The number of nitrogens with two attached hydrogens (primary N) is 2. The second-order valence-electron chi connectivity index (χ2n) is 5.11. The number of nitrogens with zero attached hydrogens (tertiary/aromatic N) is 1. The van der Waals surface area contributed by atoms with Crippen LogP contribution in [-0.2, 0) is 14.4 Å². The molecule has 0 saturated carbocycles. The van der Waals surface area contributed by atoms with Gasteiger partial charge in [-0.1, -0.05) is 0 Å². The Morgan fingerprint density at radius 1 is 1.06 bits per heavy atom. The second kappa shape index (κ2) is 6.95. The van der Waals surface area contributed by atoms with Crippen LogP contribution in [0.25, 0.3) is 0 Å². The molecule has 104 valence electrons. The average Bonchev–Trinajstić information content (AvgIpc) is 2.12. The fourth-order valence-corrected chi connectivity index (χ4v) is 1.31. The molecule has 0 aliphatic carbocycles. The summed E-state index contributed by atoms with van der Waals surface area (Å²) in [6.07, 6.45) is 0.178. The van der Waals surface area contributed by atoms with Crippen molar-refractivity contribution in [3.63, 3.8) is 0 Å². The number of hydrogen-bond acceptors (Lipinski definition) is 4. The van der Waals surface area contributed by atoms with Gasteiger partial charge in [0.2, 0.25) is 17.7 Å². The van der Waals surface area contributed by atoms with Gasteiger partial charge in [0.1, 0.15) is 0 Å². The van der Waals surface area contributed by atoms with Gasteiger partial charge in [-0.25, -0.2) is 0 Å². The van der Waals surface area contributed by atoms with Crippen LogP contribution in [0.5, 0.6) is 0 Å². The van der Waals surface area contributed by atoms with Crippen LogP contribution in [0.3, 0.4) is 0 Å². The third kappa shape index (κ3) is 8.51. The molecule has 0 heterocycles. The Labute approximate surface area is 107 Å². The van der Waals surface area contributed by atoms with Crippen LogP contribution < -0.4 is 16.8 Å². The second-order valence-corrected chi connectivity index (χ2v) is 5.11. The van der Waals surface area contributed by atoms with Gasteiger partial charge in [-0.05, 0) is 20.8 Å². The summed E-state index contributed by atoms with van der Waals surface area (Å²) in [5, 5.41) is 3.13. The van der Waals surface area contributed by atoms with Crippen molar-refractivity contribution in [3.8, 4) is 0 Å². The summed E-state index contributed by atoms with van der Waals surface area (Å²) in [6, 6.07) is 0. The predicted octanol–water partition coefficient (Wildman–Crippen LogP) is -1.44. The van der Waals surface area contributed by atoms with Crippen molar-refractivity contribution in [2.24, 2.45) is 11.5 Å². The summed E-state index contributed by atoms with van der Waals surface area (Å²) < 4.78 is 0. The number of carbonyl (C=O) groups excluding carboxylic acids is 3. The molecular formula is C11H22N4O3. The predicted molar refractivity (Wildman–Crippen MR) is 67.3 cm³/mol. The molecule has 5 N–H and O–H groups in total. The summed E-state index contributed by atoms with van der Waals surface area (Å²) >= 11 is 0. The first-order valence-electron chi connectivity index (χ1n) is 5.71. The Balaban J connectivity index is 4.29. The minimum atomic E-state index is -0.673. The molecular weight excluding hydrogens is 236 g/mol. The minimum absolute atomic E-state index is 0.0987. The number of primary amides is 2. The third-order valence-corrected chi connectivity index (χ3v) is 2.04. The maximum Gasteiger partial charge on any atom is 0.237 e. The van der Waals surface area contributed by atoms with Crippen molar-refractivity contribution in [2.45, 2.75) is 32.7 Å². The Kier molecular flexibility index (Phi) is 6.32. The zero-order valence-corrected chi connectivity index (χ0v) is 11.2. The Morgan fingerprint density at radius 2 is 1.50 bits per heavy atom. The highest BCUT2D eigenvalue weighted by atomic mass is 16.2. The fourth-order valence-electron chi connectivity index (χ4n) is 1.31. The molecule has 0 rings (SSSR count). The van der Waals surface area contributed by atoms with Gasteiger partial charge in [0, 0.05) is 18.5 Å². The molecule has 0 bridgehead atoms. The summed E-state index contributed by atoms with van der Waals surface area (Å²) in [7, 11) is 0. The highest BCUT2D eigenvalue weighted by molar-refractivity contribution is 5.88. The Morgan fingerprint density at radius 3 is 1.83 bits per heavy atom. The van der Waals surface area contributed by atoms with Gasteiger partial charge in [0.25, 0.3) is 0 Å². The first-order valence-corrected chi connectivity index (χ1v) is 5.71. The lowest BCUT2D eigenvalue weighted by atomic mass is 10.1. The van der Waals surface area contributed by atoms with Crippen molar-refractivity contribution in [1.29, 1.82) is 0 Å². The van der Waals surface area contributed by atoms with Crippen LogP contribution >= 0.6 is 0 Å². The van der Waals surface area contributed by atoms with Crippen LogP contribution in [0.2, 0.25) is 0 Å². The van der Waals surface area contributed by atoms with E-state index in [9.17, 15) is 14.4 Å². The first kappa shape index (κ1) is 16.4. The quantitative estimate of drug-likeness (QED) is 0.518. The van der Waals surface area contributed by atoms with E-state index in [4.69, 9.17) is 11.5 Å². The van der Waals surface area contributed by atoms with Gasteiger partial charge in [-0.2, -0.15) is 0 Å². The lowest BCUT2D eigenvalue weighted by Crippen LogP contribution is -2.45. The summed E-state index contributed by atoms with van der Waals surface area (Å²) in [5.74, 6) is -1.67. The van der Waals surface area contributed by atoms with Crippen LogP contribution in [0.15, 0.2) is 0 Å². The molecule has 7 nitrogen and oxygen atoms in total. The Bertz CT molecular complexity index is 307. The van der Waals surface area contributed by atoms with Crippen LogP contribution in [0.4, 0.5) is 0 Å². The van der Waals surface area contributed by atoms with E-state index in [1.54, 1.807) is 0 Å². The summed E-state index contributed by atoms with van der Waals surface area (Å²) in [4.78, 5) is 34.4. The molecule has 0 radical (unpaired) electrons. The number of amides is 3. The maximum atomic E-state index is 11.8. The van der Waals surface area contributed by atoms with E-state index in [1.807, 2.05) is 20.8 Å². The molecule has 0 atom stereocenters. The molecule has 0 spiro atoms. The third-order valence-electron chi connectivity index (χ3n) is 2.04. The van der Waals surface area contributed by atoms with Gasteiger partial charge < -0.3 is 21.7 Å². The zero-order chi connectivity index (χ0) is 14.3. The van der Waals surface area contributed by atoms with Gasteiger partial charge in [-0.15, -0.1) is 0 Å². The van der Waals surface area contributed by atoms with E-state index < -0.39 is 11.8 Å². The van der Waals surface area contributed by atoms with E-state index in [0.29, 0.717) is 6.54 Å². The summed E-state index contributed by atoms with van der Waals surface area (Å²) in [6.45, 7) is 5.79. The molecule has 18 heavy (non-hydrogen) atoms. The van der Waals surface area contributed by atoms with E-state index in [1.165, 1.54) is 0 Å². The zero-order valence-electron chi connectivity index (χ0n) is 11.2. The van der Waals surface area contributed by atoms with E-state index in [-0.39, 0.29) is 31.0 Å². The van der Waals surface area contributed by atoms with E-state index >= 15 is 0 Å². The molecule has 7 heteroatoms. The average molecular weight is 258 g/mol. The number of hydrogen-bond donors (Lipinski definition) is 3. The van der Waals surface area contributed by atoms with Crippen molar-refractivity contribution in [1.82, 2.24) is 10.2 Å². The Hall–Kier alpha value is -1.63. The molecule has 0 aromatic heterocycles. The fraction of sp³-hybridized carbons (Fsp3) is 0.727. The number of rotatable bonds is 7. The molecule has 0 saturated heterocycles. The van der Waals surface area contributed by atoms with Gasteiger partial charge >= 0.3 is 0 Å². The van der Waals surface area contributed by atoms with E-state index in [2.05, 4.69) is 5.32 Å². The molecule has 0 aromatic rings. The summed E-state index contributed by atoms with van der Waals surface area (Å²) in [5.41, 5.74) is 9.91. The molecule has 0 aliphatic heterocycles. The largest absolute Gasteiger partial charge is 0.368 e. The molecule has 3 amide bonds. The molecule has 0 unspecified atom stereocenters. The topological polar surface area (TPSA) is 119 Å². The van der Waals surface area contributed by atoms with Crippen LogP contribution in [0, 0.1) is 0 Å². The number of carbonyl (C=O) groups is 3. The van der Waals surface area contributed by atoms with Crippen molar-refractivity contribution < 1.29 is 14.4 Å². The normalized spacial score (nSPS) is 11.1. The van der Waals surface area contributed by atoms with Gasteiger partial charge in [-0.3, -0.25) is 14.4 Å². The van der Waals surface area contributed by atoms with Gasteiger partial charge in [0.05, 0.1) is 13.1 Å². The van der Waals surface area contributed by atoms with Crippen molar-refractivity contribution >= 4 is 17.7 Å². The first-order chi connectivity index (χ1) is 8.11. The monoisotopic (exact) mass is 258 g/mol. The van der Waals surface area contributed by atoms with Crippen molar-refractivity contribution in [3.05, 3.63) is 0 Å². The van der Waals surface area contributed by atoms with Crippen LogP contribution in [-0.4, -0.2) is 47.8 Å². The van der Waals surface area contributed by atoms with E-state index in [0.717, 1.165) is 4.90 Å². The SMILES string of the molecule is CC(C)(C)NCCC(=O)N(CC(N)=O)CC(N)=O. The van der Waals surface area contributed by atoms with Gasteiger partial charge in [0.15, 0.2) is 0 Å². The number of nitrogens with one attached hydrogen (secondary N) is 1. The smallest absolute Gasteiger partial charge is 0.237 e. The highest BCUT2D eigenvalue weighted by Gasteiger charge is 2.18. The lowest BCUT2D eigenvalue weighted by Gasteiger charge is -2.23. The van der Waals surface area contributed by atoms with Crippen LogP contribution in [0.1, 0.15) is 27.2 Å². The minimum Gasteiger partial charge on any atom is -0.368 e.